The molecule has 0 aromatic heterocycles. The smallest absolute Gasteiger partial charge is 0.193 e. The summed E-state index contributed by atoms with van der Waals surface area (Å²) in [6.07, 6.45) is 4.24. The number of halogens is 3. The Labute approximate surface area is 164 Å². The van der Waals surface area contributed by atoms with Crippen LogP contribution >= 0.6 is 24.0 Å². The molecule has 5 nitrogen and oxygen atoms in total. The highest BCUT2D eigenvalue weighted by Gasteiger charge is 2.39. The standard InChI is InChI=1S/C17H24F2N4O.HI/c18-13-3-4-14(19)15(11-13)22-16(20)21-12-17(5-9-24-10-6-17)23-7-1-2-8-23;/h3-4,11H,1-2,5-10,12H2,(H3,20,21,22);1H. The summed E-state index contributed by atoms with van der Waals surface area (Å²) in [5.41, 5.74) is 5.86. The molecule has 2 aliphatic heterocycles. The van der Waals surface area contributed by atoms with Crippen molar-refractivity contribution in [2.75, 3.05) is 38.2 Å². The third kappa shape index (κ3) is 5.01. The topological polar surface area (TPSA) is 62.9 Å². The summed E-state index contributed by atoms with van der Waals surface area (Å²) in [5.74, 6) is -0.982. The maximum Gasteiger partial charge on any atom is 0.193 e. The third-order valence-electron chi connectivity index (χ3n) is 4.94. The summed E-state index contributed by atoms with van der Waals surface area (Å²) < 4.78 is 32.4. The fraction of sp³-hybridized carbons (Fsp3) is 0.588. The molecule has 1 aromatic rings. The lowest BCUT2D eigenvalue weighted by atomic mass is 9.88. The summed E-state index contributed by atoms with van der Waals surface area (Å²) >= 11 is 0. The average Bonchev–Trinajstić information content (AvgIpc) is 3.12. The van der Waals surface area contributed by atoms with Crippen LogP contribution in [0.15, 0.2) is 23.2 Å². The molecule has 3 N–H and O–H groups in total. The van der Waals surface area contributed by atoms with Crippen molar-refractivity contribution in [3.63, 3.8) is 0 Å². The summed E-state index contributed by atoms with van der Waals surface area (Å²) in [7, 11) is 0. The van der Waals surface area contributed by atoms with Crippen LogP contribution in [-0.2, 0) is 4.74 Å². The Morgan fingerprint density at radius 1 is 1.24 bits per heavy atom. The van der Waals surface area contributed by atoms with Gasteiger partial charge in [0.25, 0.3) is 0 Å². The number of aliphatic imine (C=N–C) groups is 1. The van der Waals surface area contributed by atoms with Crippen molar-refractivity contribution in [1.82, 2.24) is 4.90 Å². The lowest BCUT2D eigenvalue weighted by Crippen LogP contribution is -2.53. The lowest BCUT2D eigenvalue weighted by molar-refractivity contribution is -0.0138. The number of anilines is 1. The summed E-state index contributed by atoms with van der Waals surface area (Å²) in [5, 5.41) is 2.66. The van der Waals surface area contributed by atoms with E-state index in [2.05, 4.69) is 15.2 Å². The number of guanidine groups is 1. The Hall–Kier alpha value is -1.00. The minimum Gasteiger partial charge on any atom is -0.381 e. The molecule has 140 valence electrons. The molecule has 0 aliphatic carbocycles. The van der Waals surface area contributed by atoms with Crippen LogP contribution < -0.4 is 11.1 Å². The minimum absolute atomic E-state index is 0. The first-order valence-corrected chi connectivity index (χ1v) is 8.44. The maximum absolute atomic E-state index is 13.7. The Balaban J connectivity index is 0.00000225. The Kier molecular flexibility index (Phi) is 7.38. The van der Waals surface area contributed by atoms with E-state index in [4.69, 9.17) is 10.5 Å². The number of nitrogens with one attached hydrogen (secondary N) is 1. The first kappa shape index (κ1) is 20.3. The second-order valence-corrected chi connectivity index (χ2v) is 6.48. The number of hydrogen-bond acceptors (Lipinski definition) is 3. The zero-order chi connectivity index (χ0) is 17.0. The van der Waals surface area contributed by atoms with Crippen molar-refractivity contribution in [2.24, 2.45) is 10.7 Å². The van der Waals surface area contributed by atoms with Crippen LogP contribution in [0.4, 0.5) is 14.5 Å². The lowest BCUT2D eigenvalue weighted by Gasteiger charge is -2.43. The van der Waals surface area contributed by atoms with Crippen LogP contribution in [-0.4, -0.2) is 49.2 Å². The summed E-state index contributed by atoms with van der Waals surface area (Å²) in [4.78, 5) is 6.91. The molecule has 3 rings (SSSR count). The first-order chi connectivity index (χ1) is 11.6. The molecule has 0 spiro atoms. The van der Waals surface area contributed by atoms with Gasteiger partial charge in [0.15, 0.2) is 5.96 Å². The van der Waals surface area contributed by atoms with Crippen molar-refractivity contribution in [2.45, 2.75) is 31.2 Å². The molecule has 0 unspecified atom stereocenters. The molecule has 2 aliphatic rings. The van der Waals surface area contributed by atoms with E-state index in [1.165, 1.54) is 12.8 Å². The van der Waals surface area contributed by atoms with Gasteiger partial charge in [-0.05, 0) is 50.9 Å². The molecule has 1 aromatic carbocycles. The van der Waals surface area contributed by atoms with Crippen molar-refractivity contribution in [1.29, 1.82) is 0 Å². The van der Waals surface area contributed by atoms with Crippen LogP contribution in [0.25, 0.3) is 0 Å². The second kappa shape index (κ2) is 9.09. The molecular weight excluding hydrogens is 441 g/mol. The summed E-state index contributed by atoms with van der Waals surface area (Å²) in [6, 6.07) is 3.20. The van der Waals surface area contributed by atoms with Crippen molar-refractivity contribution in [3.8, 4) is 0 Å². The van der Waals surface area contributed by atoms with E-state index in [1.807, 2.05) is 0 Å². The highest BCUT2D eigenvalue weighted by Crippen LogP contribution is 2.31. The zero-order valence-electron chi connectivity index (χ0n) is 14.1. The molecule has 0 radical (unpaired) electrons. The number of rotatable bonds is 4. The molecule has 8 heteroatoms. The Bertz CT molecular complexity index is 602. The van der Waals surface area contributed by atoms with E-state index in [0.29, 0.717) is 6.54 Å². The highest BCUT2D eigenvalue weighted by molar-refractivity contribution is 14.0. The predicted octanol–water partition coefficient (Wildman–Crippen LogP) is 2.95. The maximum atomic E-state index is 13.7. The fourth-order valence-electron chi connectivity index (χ4n) is 3.52. The van der Waals surface area contributed by atoms with Gasteiger partial charge >= 0.3 is 0 Å². The van der Waals surface area contributed by atoms with Crippen LogP contribution in [0.2, 0.25) is 0 Å². The average molecular weight is 466 g/mol. The van der Waals surface area contributed by atoms with Gasteiger partial charge in [0.05, 0.1) is 12.2 Å². The molecule has 0 bridgehead atoms. The van der Waals surface area contributed by atoms with Crippen LogP contribution in [0.5, 0.6) is 0 Å². The fourth-order valence-corrected chi connectivity index (χ4v) is 3.52. The van der Waals surface area contributed by atoms with E-state index >= 15 is 0 Å². The Morgan fingerprint density at radius 2 is 1.92 bits per heavy atom. The van der Waals surface area contributed by atoms with E-state index in [-0.39, 0.29) is 41.2 Å². The minimum atomic E-state index is -0.560. The number of benzene rings is 1. The van der Waals surface area contributed by atoms with Crippen LogP contribution in [0.3, 0.4) is 0 Å². The molecule has 25 heavy (non-hydrogen) atoms. The molecule has 0 amide bonds. The van der Waals surface area contributed by atoms with Crippen molar-refractivity contribution < 1.29 is 13.5 Å². The second-order valence-electron chi connectivity index (χ2n) is 6.48. The Morgan fingerprint density at radius 3 is 2.60 bits per heavy atom. The largest absolute Gasteiger partial charge is 0.381 e. The third-order valence-corrected chi connectivity index (χ3v) is 4.94. The molecular formula is C17H25F2IN4O. The van der Waals surface area contributed by atoms with Gasteiger partial charge in [-0.1, -0.05) is 0 Å². The van der Waals surface area contributed by atoms with Gasteiger partial charge < -0.3 is 15.8 Å². The zero-order valence-corrected chi connectivity index (χ0v) is 16.5. The number of likely N-dealkylation sites (tertiary alicyclic amines) is 1. The van der Waals surface area contributed by atoms with E-state index in [9.17, 15) is 8.78 Å². The number of ether oxygens (including phenoxy) is 1. The number of nitrogens with zero attached hydrogens (tertiary/aromatic N) is 2. The molecule has 2 saturated heterocycles. The summed E-state index contributed by atoms with van der Waals surface area (Å²) in [6.45, 7) is 4.12. The number of hydrogen-bond donors (Lipinski definition) is 2. The molecule has 2 fully saturated rings. The van der Waals surface area contributed by atoms with Crippen LogP contribution in [0, 0.1) is 11.6 Å². The van der Waals surface area contributed by atoms with Gasteiger partial charge in [-0.25, -0.2) is 8.78 Å². The SMILES string of the molecule is I.NC(=NCC1(N2CCCC2)CCOCC1)Nc1cc(F)ccc1F. The van der Waals surface area contributed by atoms with Crippen molar-refractivity contribution >= 4 is 35.6 Å². The normalized spacial score (nSPS) is 21.0. The van der Waals surface area contributed by atoms with Gasteiger partial charge in [-0.3, -0.25) is 9.89 Å². The predicted molar refractivity (Wildman–Crippen MR) is 105 cm³/mol. The van der Waals surface area contributed by atoms with Crippen LogP contribution in [0.1, 0.15) is 25.7 Å². The van der Waals surface area contributed by atoms with E-state index < -0.39 is 11.6 Å². The quantitative estimate of drug-likeness (QED) is 0.407. The van der Waals surface area contributed by atoms with Crippen molar-refractivity contribution in [3.05, 3.63) is 29.8 Å². The van der Waals surface area contributed by atoms with Gasteiger partial charge in [-0.15, -0.1) is 24.0 Å². The molecule has 2 heterocycles. The monoisotopic (exact) mass is 466 g/mol. The van der Waals surface area contributed by atoms with Gasteiger partial charge in [0, 0.05) is 24.8 Å². The highest BCUT2D eigenvalue weighted by atomic mass is 127. The molecule has 0 atom stereocenters. The van der Waals surface area contributed by atoms with Gasteiger partial charge in [-0.2, -0.15) is 0 Å². The molecule has 0 saturated carbocycles. The van der Waals surface area contributed by atoms with Gasteiger partial charge in [0.1, 0.15) is 11.6 Å². The van der Waals surface area contributed by atoms with E-state index in [1.54, 1.807) is 0 Å². The van der Waals surface area contributed by atoms with E-state index in [0.717, 1.165) is 57.3 Å². The first-order valence-electron chi connectivity index (χ1n) is 8.44. The number of nitrogens with two attached hydrogens (primary N) is 1. The van der Waals surface area contributed by atoms with Gasteiger partial charge in [0.2, 0.25) is 0 Å².